The molecule has 0 fully saturated rings. The molecule has 0 spiro atoms. The van der Waals surface area contributed by atoms with E-state index in [0.29, 0.717) is 11.3 Å². The number of ketones is 1. The van der Waals surface area contributed by atoms with Crippen LogP contribution in [-0.2, 0) is 14.3 Å². The third kappa shape index (κ3) is 4.81. The van der Waals surface area contributed by atoms with Crippen molar-refractivity contribution in [3.05, 3.63) is 60.0 Å². The lowest BCUT2D eigenvalue weighted by Gasteiger charge is -2.17. The molecule has 0 radical (unpaired) electrons. The zero-order valence-corrected chi connectivity index (χ0v) is 13.6. The lowest BCUT2D eigenvalue weighted by Crippen LogP contribution is -2.19. The molecule has 4 nitrogen and oxygen atoms in total. The summed E-state index contributed by atoms with van der Waals surface area (Å²) in [6.07, 6.45) is 17.6. The zero-order chi connectivity index (χ0) is 16.7. The molecule has 122 valence electrons. The Bertz CT molecular complexity index is 608. The second kappa shape index (κ2) is 8.32. The lowest BCUT2D eigenvalue weighted by molar-refractivity contribution is -0.139. The number of esters is 1. The summed E-state index contributed by atoms with van der Waals surface area (Å²) in [5, 5.41) is 2.92. The van der Waals surface area contributed by atoms with E-state index < -0.39 is 0 Å². The van der Waals surface area contributed by atoms with Crippen LogP contribution in [0, 0.1) is 5.92 Å². The number of ether oxygens (including phenoxy) is 1. The molecular formula is C19H23NO3. The molecule has 23 heavy (non-hydrogen) atoms. The Balaban J connectivity index is 2.07. The van der Waals surface area contributed by atoms with Crippen molar-refractivity contribution < 1.29 is 14.3 Å². The Kier molecular flexibility index (Phi) is 6.15. The van der Waals surface area contributed by atoms with Gasteiger partial charge in [-0.3, -0.25) is 4.79 Å². The van der Waals surface area contributed by atoms with Gasteiger partial charge in [-0.05, 0) is 31.9 Å². The minimum absolute atomic E-state index is 0.0155. The van der Waals surface area contributed by atoms with Crippen LogP contribution in [0.5, 0.6) is 0 Å². The largest absolute Gasteiger partial charge is 0.454 e. The maximum absolute atomic E-state index is 12.1. The third-order valence-corrected chi connectivity index (χ3v) is 3.69. The molecule has 0 amide bonds. The summed E-state index contributed by atoms with van der Waals surface area (Å²) in [5.41, 5.74) is 1.04. The van der Waals surface area contributed by atoms with E-state index in [2.05, 4.69) is 18.3 Å². The number of nitrogens with one attached hydrogen (secondary N) is 1. The third-order valence-electron chi connectivity index (χ3n) is 3.69. The van der Waals surface area contributed by atoms with Crippen LogP contribution in [0.3, 0.4) is 0 Å². The highest BCUT2D eigenvalue weighted by Crippen LogP contribution is 2.23. The maximum atomic E-state index is 12.1. The summed E-state index contributed by atoms with van der Waals surface area (Å²) < 4.78 is 5.02. The smallest absolute Gasteiger partial charge is 0.355 e. The van der Waals surface area contributed by atoms with Gasteiger partial charge < -0.3 is 10.1 Å². The van der Waals surface area contributed by atoms with Gasteiger partial charge in [-0.15, -0.1) is 0 Å². The summed E-state index contributed by atoms with van der Waals surface area (Å²) >= 11 is 0. The van der Waals surface area contributed by atoms with Crippen LogP contribution in [0.1, 0.15) is 33.1 Å². The van der Waals surface area contributed by atoms with Crippen LogP contribution in [0.4, 0.5) is 0 Å². The molecule has 4 heteroatoms. The van der Waals surface area contributed by atoms with E-state index in [-0.39, 0.29) is 23.8 Å². The fourth-order valence-corrected chi connectivity index (χ4v) is 2.46. The van der Waals surface area contributed by atoms with Gasteiger partial charge in [-0.1, -0.05) is 43.7 Å². The number of hydrogen-bond acceptors (Lipinski definition) is 4. The Morgan fingerprint density at radius 2 is 2.17 bits per heavy atom. The van der Waals surface area contributed by atoms with Crippen molar-refractivity contribution in [2.24, 2.45) is 5.92 Å². The summed E-state index contributed by atoms with van der Waals surface area (Å²) in [5.74, 6) is -0.402. The monoisotopic (exact) mass is 313 g/mol. The molecule has 0 aromatic carbocycles. The number of allylic oxidation sites excluding steroid dienone is 7. The van der Waals surface area contributed by atoms with E-state index in [1.54, 1.807) is 25.3 Å². The SMILES string of the molecule is CCC/C=C/C=C/C1CC=CC(=O)/C1=C\NC1=CC(C)OC1=O. The van der Waals surface area contributed by atoms with Crippen LogP contribution < -0.4 is 5.32 Å². The van der Waals surface area contributed by atoms with Gasteiger partial charge >= 0.3 is 5.97 Å². The predicted molar refractivity (Wildman–Crippen MR) is 90.3 cm³/mol. The number of rotatable bonds is 6. The number of cyclic esters (lactones) is 1. The fourth-order valence-electron chi connectivity index (χ4n) is 2.46. The Labute approximate surface area is 137 Å². The minimum atomic E-state index is -0.386. The molecule has 2 rings (SSSR count). The van der Waals surface area contributed by atoms with E-state index in [1.165, 1.54) is 0 Å². The van der Waals surface area contributed by atoms with E-state index in [9.17, 15) is 9.59 Å². The number of carbonyl (C=O) groups excluding carboxylic acids is 2. The molecule has 0 saturated carbocycles. The second-order valence-corrected chi connectivity index (χ2v) is 5.65. The molecule has 0 saturated heterocycles. The average molecular weight is 313 g/mol. The molecule has 0 aromatic rings. The molecular weight excluding hydrogens is 290 g/mol. The predicted octanol–water partition coefficient (Wildman–Crippen LogP) is 3.35. The molecule has 1 aliphatic heterocycles. The van der Waals surface area contributed by atoms with Crippen molar-refractivity contribution in [3.8, 4) is 0 Å². The van der Waals surface area contributed by atoms with Gasteiger partial charge in [0.2, 0.25) is 0 Å². The molecule has 1 aliphatic carbocycles. The average Bonchev–Trinajstić information content (AvgIpc) is 2.84. The highest BCUT2D eigenvalue weighted by atomic mass is 16.5. The van der Waals surface area contributed by atoms with Crippen LogP contribution in [0.25, 0.3) is 0 Å². The number of unbranched alkanes of at least 4 members (excludes halogenated alkanes) is 1. The lowest BCUT2D eigenvalue weighted by atomic mass is 9.88. The standard InChI is InChI=1S/C19H23NO3/c1-3-4-5-6-7-9-15-10-8-11-18(21)16(15)13-20-17-12-14(2)23-19(17)22/h5-9,11-15,20H,3-4,10H2,1-2H3/b6-5+,9-7+,16-13-. The van der Waals surface area contributed by atoms with Crippen molar-refractivity contribution in [3.63, 3.8) is 0 Å². The summed E-state index contributed by atoms with van der Waals surface area (Å²) in [6, 6.07) is 0. The quantitative estimate of drug-likeness (QED) is 0.464. The zero-order valence-electron chi connectivity index (χ0n) is 13.6. The van der Waals surface area contributed by atoms with Gasteiger partial charge in [0.1, 0.15) is 11.8 Å². The molecule has 2 aliphatic rings. The molecule has 2 unspecified atom stereocenters. The molecule has 2 atom stereocenters. The molecule has 0 bridgehead atoms. The summed E-state index contributed by atoms with van der Waals surface area (Å²) in [6.45, 7) is 3.93. The van der Waals surface area contributed by atoms with Crippen LogP contribution in [0.2, 0.25) is 0 Å². The van der Waals surface area contributed by atoms with E-state index in [4.69, 9.17) is 4.74 Å². The Hall–Kier alpha value is -2.36. The number of hydrogen-bond donors (Lipinski definition) is 1. The van der Waals surface area contributed by atoms with Crippen LogP contribution in [-0.4, -0.2) is 17.9 Å². The van der Waals surface area contributed by atoms with Crippen molar-refractivity contribution >= 4 is 11.8 Å². The van der Waals surface area contributed by atoms with Gasteiger partial charge in [0.25, 0.3) is 0 Å². The van der Waals surface area contributed by atoms with Crippen LogP contribution in [0.15, 0.2) is 60.0 Å². The number of carbonyl (C=O) groups is 2. The molecule has 1 heterocycles. The van der Waals surface area contributed by atoms with Crippen molar-refractivity contribution in [2.75, 3.05) is 0 Å². The normalized spacial score (nSPS) is 26.3. The first-order valence-corrected chi connectivity index (χ1v) is 8.05. The minimum Gasteiger partial charge on any atom is -0.454 e. The van der Waals surface area contributed by atoms with E-state index in [0.717, 1.165) is 19.3 Å². The first-order valence-electron chi connectivity index (χ1n) is 8.05. The van der Waals surface area contributed by atoms with Gasteiger partial charge in [-0.2, -0.15) is 0 Å². The van der Waals surface area contributed by atoms with Gasteiger partial charge in [0, 0.05) is 17.7 Å². The first kappa shape index (κ1) is 17.0. The summed E-state index contributed by atoms with van der Waals surface area (Å²) in [4.78, 5) is 23.7. The molecule has 1 N–H and O–H groups in total. The van der Waals surface area contributed by atoms with Gasteiger partial charge in [0.05, 0.1) is 0 Å². The summed E-state index contributed by atoms with van der Waals surface area (Å²) in [7, 11) is 0. The van der Waals surface area contributed by atoms with Crippen LogP contribution >= 0.6 is 0 Å². The van der Waals surface area contributed by atoms with E-state index >= 15 is 0 Å². The maximum Gasteiger partial charge on any atom is 0.355 e. The van der Waals surface area contributed by atoms with Gasteiger partial charge in [-0.25, -0.2) is 4.79 Å². The van der Waals surface area contributed by atoms with Crippen molar-refractivity contribution in [2.45, 2.75) is 39.2 Å². The van der Waals surface area contributed by atoms with Crippen molar-refractivity contribution in [1.29, 1.82) is 0 Å². The van der Waals surface area contributed by atoms with E-state index in [1.807, 2.05) is 24.3 Å². The second-order valence-electron chi connectivity index (χ2n) is 5.65. The highest BCUT2D eigenvalue weighted by Gasteiger charge is 2.23. The Morgan fingerprint density at radius 1 is 1.35 bits per heavy atom. The highest BCUT2D eigenvalue weighted by molar-refractivity contribution is 6.05. The fraction of sp³-hybridized carbons (Fsp3) is 0.368. The first-order chi connectivity index (χ1) is 11.1. The molecule has 0 aromatic heterocycles. The topological polar surface area (TPSA) is 55.4 Å². The Morgan fingerprint density at radius 3 is 2.87 bits per heavy atom. The van der Waals surface area contributed by atoms with Gasteiger partial charge in [0.15, 0.2) is 5.78 Å². The van der Waals surface area contributed by atoms with Crippen molar-refractivity contribution in [1.82, 2.24) is 5.32 Å².